The lowest BCUT2D eigenvalue weighted by molar-refractivity contribution is 0.0957. The molecule has 1 aromatic carbocycles. The molecule has 1 heterocycles. The SMILES string of the molecule is COc1ccc2c(c1)CCCC(c1ccncc1)C2=O. The van der Waals surface area contributed by atoms with Gasteiger partial charge in [0.1, 0.15) is 5.75 Å². The summed E-state index contributed by atoms with van der Waals surface area (Å²) < 4.78 is 5.25. The third-order valence-electron chi connectivity index (χ3n) is 3.94. The average Bonchev–Trinajstić information content (AvgIpc) is 2.67. The third-order valence-corrected chi connectivity index (χ3v) is 3.94. The third kappa shape index (κ3) is 2.31. The van der Waals surface area contributed by atoms with E-state index in [1.54, 1.807) is 19.5 Å². The molecule has 0 N–H and O–H groups in total. The summed E-state index contributed by atoms with van der Waals surface area (Å²) in [4.78, 5) is 16.8. The van der Waals surface area contributed by atoms with Gasteiger partial charge >= 0.3 is 0 Å². The number of nitrogens with zero attached hydrogens (tertiary/aromatic N) is 1. The number of ether oxygens (including phenoxy) is 1. The van der Waals surface area contributed by atoms with E-state index in [9.17, 15) is 4.79 Å². The van der Waals surface area contributed by atoms with Crippen molar-refractivity contribution in [2.75, 3.05) is 7.11 Å². The van der Waals surface area contributed by atoms with Gasteiger partial charge in [-0.15, -0.1) is 0 Å². The summed E-state index contributed by atoms with van der Waals surface area (Å²) in [6, 6.07) is 9.64. The molecule has 0 radical (unpaired) electrons. The number of rotatable bonds is 2. The second-order valence-electron chi connectivity index (χ2n) is 5.11. The number of aryl methyl sites for hydroxylation is 1. The van der Waals surface area contributed by atoms with Crippen LogP contribution >= 0.6 is 0 Å². The van der Waals surface area contributed by atoms with E-state index in [1.165, 1.54) is 0 Å². The Morgan fingerprint density at radius 2 is 2.00 bits per heavy atom. The number of benzene rings is 1. The number of methoxy groups -OCH3 is 1. The highest BCUT2D eigenvalue weighted by atomic mass is 16.5. The molecule has 102 valence electrons. The van der Waals surface area contributed by atoms with Crippen molar-refractivity contribution in [2.45, 2.75) is 25.2 Å². The van der Waals surface area contributed by atoms with Gasteiger partial charge in [-0.25, -0.2) is 0 Å². The Morgan fingerprint density at radius 1 is 1.20 bits per heavy atom. The molecule has 1 unspecified atom stereocenters. The fourth-order valence-electron chi connectivity index (χ4n) is 2.87. The van der Waals surface area contributed by atoms with Gasteiger partial charge in [-0.3, -0.25) is 9.78 Å². The van der Waals surface area contributed by atoms with Gasteiger partial charge in [0.15, 0.2) is 5.78 Å². The summed E-state index contributed by atoms with van der Waals surface area (Å²) >= 11 is 0. The van der Waals surface area contributed by atoms with E-state index in [-0.39, 0.29) is 11.7 Å². The van der Waals surface area contributed by atoms with E-state index in [0.29, 0.717) is 0 Å². The molecule has 0 saturated carbocycles. The summed E-state index contributed by atoms with van der Waals surface area (Å²) in [5, 5.41) is 0. The minimum Gasteiger partial charge on any atom is -0.497 e. The topological polar surface area (TPSA) is 39.2 Å². The van der Waals surface area contributed by atoms with Crippen molar-refractivity contribution in [1.29, 1.82) is 0 Å². The molecule has 3 rings (SSSR count). The van der Waals surface area contributed by atoms with E-state index < -0.39 is 0 Å². The molecular formula is C17H17NO2. The lowest BCUT2D eigenvalue weighted by atomic mass is 9.89. The van der Waals surface area contributed by atoms with Gasteiger partial charge in [-0.05, 0) is 60.7 Å². The van der Waals surface area contributed by atoms with Crippen molar-refractivity contribution in [3.8, 4) is 5.75 Å². The molecule has 3 nitrogen and oxygen atoms in total. The zero-order valence-corrected chi connectivity index (χ0v) is 11.5. The van der Waals surface area contributed by atoms with Crippen LogP contribution in [0, 0.1) is 0 Å². The van der Waals surface area contributed by atoms with Gasteiger partial charge in [0, 0.05) is 23.9 Å². The number of pyridine rings is 1. The lowest BCUT2D eigenvalue weighted by Gasteiger charge is -2.14. The number of Topliss-reactive ketones (excluding diaryl/α,β-unsaturated/α-hetero) is 1. The van der Waals surface area contributed by atoms with Gasteiger partial charge in [0.25, 0.3) is 0 Å². The number of hydrogen-bond donors (Lipinski definition) is 0. The van der Waals surface area contributed by atoms with Gasteiger partial charge in [-0.1, -0.05) is 0 Å². The monoisotopic (exact) mass is 267 g/mol. The van der Waals surface area contributed by atoms with Crippen LogP contribution in [0.3, 0.4) is 0 Å². The van der Waals surface area contributed by atoms with Gasteiger partial charge in [0.05, 0.1) is 7.11 Å². The zero-order chi connectivity index (χ0) is 13.9. The van der Waals surface area contributed by atoms with Crippen LogP contribution in [-0.2, 0) is 6.42 Å². The lowest BCUT2D eigenvalue weighted by Crippen LogP contribution is -2.12. The van der Waals surface area contributed by atoms with E-state index in [4.69, 9.17) is 4.74 Å². The first-order valence-electron chi connectivity index (χ1n) is 6.90. The summed E-state index contributed by atoms with van der Waals surface area (Å²) in [5.74, 6) is 0.984. The molecule has 0 aliphatic heterocycles. The number of carbonyl (C=O) groups excluding carboxylic acids is 1. The summed E-state index contributed by atoms with van der Waals surface area (Å²) in [7, 11) is 1.65. The molecule has 2 aromatic rings. The van der Waals surface area contributed by atoms with Gasteiger partial charge in [-0.2, -0.15) is 0 Å². The van der Waals surface area contributed by atoms with Crippen LogP contribution in [0.1, 0.15) is 40.2 Å². The second-order valence-corrected chi connectivity index (χ2v) is 5.11. The Morgan fingerprint density at radius 3 is 2.75 bits per heavy atom. The summed E-state index contributed by atoms with van der Waals surface area (Å²) in [6.45, 7) is 0. The summed E-state index contributed by atoms with van der Waals surface area (Å²) in [5.41, 5.74) is 3.00. The molecule has 0 bridgehead atoms. The molecule has 0 fully saturated rings. The molecule has 1 aromatic heterocycles. The first-order valence-corrected chi connectivity index (χ1v) is 6.90. The molecule has 0 spiro atoms. The first kappa shape index (κ1) is 12.9. The average molecular weight is 267 g/mol. The zero-order valence-electron chi connectivity index (χ0n) is 11.5. The molecule has 1 aliphatic rings. The number of carbonyl (C=O) groups is 1. The highest BCUT2D eigenvalue weighted by Crippen LogP contribution is 2.32. The number of aromatic nitrogens is 1. The molecule has 20 heavy (non-hydrogen) atoms. The van der Waals surface area contributed by atoms with Crippen molar-refractivity contribution in [2.24, 2.45) is 0 Å². The van der Waals surface area contributed by atoms with Crippen LogP contribution in [0.15, 0.2) is 42.7 Å². The largest absolute Gasteiger partial charge is 0.497 e. The molecule has 1 atom stereocenters. The first-order chi connectivity index (χ1) is 9.79. The fourth-order valence-corrected chi connectivity index (χ4v) is 2.87. The number of hydrogen-bond acceptors (Lipinski definition) is 3. The number of fused-ring (bicyclic) bond motifs is 1. The van der Waals surface area contributed by atoms with Crippen LogP contribution in [0.4, 0.5) is 0 Å². The van der Waals surface area contributed by atoms with Crippen molar-refractivity contribution in [1.82, 2.24) is 4.98 Å². The Hall–Kier alpha value is -2.16. The Kier molecular flexibility index (Phi) is 3.50. The van der Waals surface area contributed by atoms with E-state index in [0.717, 1.165) is 41.7 Å². The van der Waals surface area contributed by atoms with Crippen molar-refractivity contribution >= 4 is 5.78 Å². The normalized spacial score (nSPS) is 18.2. The smallest absolute Gasteiger partial charge is 0.170 e. The highest BCUT2D eigenvalue weighted by Gasteiger charge is 2.26. The summed E-state index contributed by atoms with van der Waals surface area (Å²) in [6.07, 6.45) is 6.34. The van der Waals surface area contributed by atoms with Crippen molar-refractivity contribution < 1.29 is 9.53 Å². The van der Waals surface area contributed by atoms with Crippen molar-refractivity contribution in [3.05, 3.63) is 59.4 Å². The molecule has 1 aliphatic carbocycles. The second kappa shape index (κ2) is 5.45. The van der Waals surface area contributed by atoms with Crippen LogP contribution in [0.5, 0.6) is 5.75 Å². The van der Waals surface area contributed by atoms with Crippen LogP contribution in [0.2, 0.25) is 0 Å². The van der Waals surface area contributed by atoms with Crippen LogP contribution in [0.25, 0.3) is 0 Å². The van der Waals surface area contributed by atoms with E-state index >= 15 is 0 Å². The van der Waals surface area contributed by atoms with Crippen molar-refractivity contribution in [3.63, 3.8) is 0 Å². The maximum absolute atomic E-state index is 12.8. The predicted molar refractivity (Wildman–Crippen MR) is 77.2 cm³/mol. The maximum Gasteiger partial charge on any atom is 0.170 e. The minimum atomic E-state index is -0.0485. The Balaban J connectivity index is 2.00. The molecule has 0 saturated heterocycles. The molecular weight excluding hydrogens is 250 g/mol. The fraction of sp³-hybridized carbons (Fsp3) is 0.294. The van der Waals surface area contributed by atoms with Gasteiger partial charge < -0.3 is 4.74 Å². The molecule has 0 amide bonds. The number of ketones is 1. The minimum absolute atomic E-state index is 0.0485. The van der Waals surface area contributed by atoms with Crippen LogP contribution < -0.4 is 4.74 Å². The van der Waals surface area contributed by atoms with E-state index in [1.807, 2.05) is 30.3 Å². The van der Waals surface area contributed by atoms with Gasteiger partial charge in [0.2, 0.25) is 0 Å². The maximum atomic E-state index is 12.8. The highest BCUT2D eigenvalue weighted by molar-refractivity contribution is 6.02. The van der Waals surface area contributed by atoms with E-state index in [2.05, 4.69) is 4.98 Å². The Labute approximate surface area is 118 Å². The predicted octanol–water partition coefficient (Wildman–Crippen LogP) is 3.39. The standard InChI is InChI=1S/C17H17NO2/c1-20-14-5-6-16-13(11-14)3-2-4-15(17(16)19)12-7-9-18-10-8-12/h5-11,15H,2-4H2,1H3. The van der Waals surface area contributed by atoms with Crippen LogP contribution in [-0.4, -0.2) is 17.9 Å². The quantitative estimate of drug-likeness (QED) is 0.783. The molecule has 3 heteroatoms. The Bertz CT molecular complexity index is 622.